The summed E-state index contributed by atoms with van der Waals surface area (Å²) in [5.41, 5.74) is 5.71. The standard InChI is InChI=1S/C9H18F2N2.ClH/c1-6(9(10)11)13-8-4-2-7(12)3-5-8;/h6-9,13H,2-5,12H2,1H3;1H/t6?,7-,8-;. The third kappa shape index (κ3) is 4.53. The molecule has 3 N–H and O–H groups in total. The molecular formula is C9H19ClF2N2. The van der Waals surface area contributed by atoms with E-state index in [1.807, 2.05) is 0 Å². The molecule has 5 heteroatoms. The SMILES string of the molecule is CC(N[C@H]1CC[C@H](N)CC1)C(F)F.Cl. The molecule has 86 valence electrons. The summed E-state index contributed by atoms with van der Waals surface area (Å²) in [6, 6.07) is -0.178. The first-order chi connectivity index (χ1) is 6.09. The van der Waals surface area contributed by atoms with Crippen LogP contribution in [0.3, 0.4) is 0 Å². The number of nitrogens with one attached hydrogen (secondary N) is 1. The maximum atomic E-state index is 12.2. The fourth-order valence-electron chi connectivity index (χ4n) is 1.73. The van der Waals surface area contributed by atoms with E-state index in [1.165, 1.54) is 6.92 Å². The summed E-state index contributed by atoms with van der Waals surface area (Å²) in [5.74, 6) is 0. The van der Waals surface area contributed by atoms with E-state index in [2.05, 4.69) is 5.32 Å². The van der Waals surface area contributed by atoms with Crippen LogP contribution in [0.1, 0.15) is 32.6 Å². The fourth-order valence-corrected chi connectivity index (χ4v) is 1.73. The molecule has 0 aromatic heterocycles. The average Bonchev–Trinajstić information content (AvgIpc) is 2.08. The van der Waals surface area contributed by atoms with Gasteiger partial charge in [-0.2, -0.15) is 0 Å². The van der Waals surface area contributed by atoms with Crippen molar-refractivity contribution in [2.24, 2.45) is 5.73 Å². The van der Waals surface area contributed by atoms with Gasteiger partial charge in [0, 0.05) is 12.1 Å². The molecule has 2 nitrogen and oxygen atoms in total. The summed E-state index contributed by atoms with van der Waals surface area (Å²) < 4.78 is 24.3. The Morgan fingerprint density at radius 1 is 1.21 bits per heavy atom. The molecule has 1 unspecified atom stereocenters. The smallest absolute Gasteiger partial charge is 0.253 e. The molecule has 1 aliphatic rings. The molecule has 14 heavy (non-hydrogen) atoms. The second-order valence-electron chi connectivity index (χ2n) is 3.90. The van der Waals surface area contributed by atoms with Crippen LogP contribution in [0.25, 0.3) is 0 Å². The minimum Gasteiger partial charge on any atom is -0.328 e. The lowest BCUT2D eigenvalue weighted by Gasteiger charge is -2.29. The zero-order chi connectivity index (χ0) is 9.84. The Morgan fingerprint density at radius 3 is 2.14 bits per heavy atom. The Hall–Kier alpha value is 0.0700. The van der Waals surface area contributed by atoms with Gasteiger partial charge < -0.3 is 11.1 Å². The second kappa shape index (κ2) is 6.53. The maximum absolute atomic E-state index is 12.2. The molecular weight excluding hydrogens is 210 g/mol. The van der Waals surface area contributed by atoms with Gasteiger partial charge in [0.25, 0.3) is 6.43 Å². The van der Waals surface area contributed by atoms with Crippen LogP contribution >= 0.6 is 12.4 Å². The van der Waals surface area contributed by atoms with Crippen molar-refractivity contribution >= 4 is 12.4 Å². The third-order valence-electron chi connectivity index (χ3n) is 2.65. The summed E-state index contributed by atoms with van der Waals surface area (Å²) in [7, 11) is 0. The van der Waals surface area contributed by atoms with Gasteiger partial charge in [0.05, 0.1) is 6.04 Å². The highest BCUT2D eigenvalue weighted by Gasteiger charge is 2.22. The molecule has 0 spiro atoms. The van der Waals surface area contributed by atoms with Crippen molar-refractivity contribution in [3.05, 3.63) is 0 Å². The topological polar surface area (TPSA) is 38.0 Å². The molecule has 1 atom stereocenters. The van der Waals surface area contributed by atoms with Crippen LogP contribution in [0.2, 0.25) is 0 Å². The Balaban J connectivity index is 0.00000169. The lowest BCUT2D eigenvalue weighted by molar-refractivity contribution is 0.0957. The molecule has 0 amide bonds. The third-order valence-corrected chi connectivity index (χ3v) is 2.65. The van der Waals surface area contributed by atoms with Gasteiger partial charge in [0.15, 0.2) is 0 Å². The lowest BCUT2D eigenvalue weighted by Crippen LogP contribution is -2.44. The van der Waals surface area contributed by atoms with Gasteiger partial charge in [-0.15, -0.1) is 12.4 Å². The van der Waals surface area contributed by atoms with Crippen LogP contribution in [0.4, 0.5) is 8.78 Å². The van der Waals surface area contributed by atoms with Crippen molar-refractivity contribution in [2.75, 3.05) is 0 Å². The van der Waals surface area contributed by atoms with E-state index in [0.29, 0.717) is 0 Å². The Labute approximate surface area is 90.0 Å². The first kappa shape index (κ1) is 14.1. The minimum atomic E-state index is -2.27. The van der Waals surface area contributed by atoms with Crippen LogP contribution in [-0.2, 0) is 0 Å². The summed E-state index contributed by atoms with van der Waals surface area (Å²) in [6.07, 6.45) is 1.49. The second-order valence-corrected chi connectivity index (χ2v) is 3.90. The summed E-state index contributed by atoms with van der Waals surface area (Å²) >= 11 is 0. The van der Waals surface area contributed by atoms with E-state index in [0.717, 1.165) is 25.7 Å². The van der Waals surface area contributed by atoms with Gasteiger partial charge in [-0.05, 0) is 32.6 Å². The van der Waals surface area contributed by atoms with E-state index in [9.17, 15) is 8.78 Å². The van der Waals surface area contributed by atoms with Crippen molar-refractivity contribution in [3.63, 3.8) is 0 Å². The molecule has 0 heterocycles. The normalized spacial score (nSPS) is 29.8. The van der Waals surface area contributed by atoms with E-state index in [4.69, 9.17) is 5.73 Å². The molecule has 0 aliphatic heterocycles. The van der Waals surface area contributed by atoms with Crippen molar-refractivity contribution in [2.45, 2.75) is 57.2 Å². The number of rotatable bonds is 3. The van der Waals surface area contributed by atoms with E-state index in [1.54, 1.807) is 0 Å². The van der Waals surface area contributed by atoms with Gasteiger partial charge in [-0.1, -0.05) is 0 Å². The van der Waals surface area contributed by atoms with Crippen LogP contribution < -0.4 is 11.1 Å². The Morgan fingerprint density at radius 2 is 1.71 bits per heavy atom. The zero-order valence-corrected chi connectivity index (χ0v) is 9.20. The number of halogens is 3. The summed E-state index contributed by atoms with van der Waals surface area (Å²) in [5, 5.41) is 2.93. The average molecular weight is 229 g/mol. The lowest BCUT2D eigenvalue weighted by atomic mass is 9.91. The van der Waals surface area contributed by atoms with Gasteiger partial charge in [0.1, 0.15) is 0 Å². The van der Waals surface area contributed by atoms with Crippen LogP contribution in [0, 0.1) is 0 Å². The molecule has 0 bridgehead atoms. The molecule has 0 aromatic rings. The van der Waals surface area contributed by atoms with Gasteiger partial charge in [-0.3, -0.25) is 0 Å². The summed E-state index contributed by atoms with van der Waals surface area (Å²) in [6.45, 7) is 1.53. The highest BCUT2D eigenvalue weighted by Crippen LogP contribution is 2.18. The first-order valence-electron chi connectivity index (χ1n) is 4.89. The van der Waals surface area contributed by atoms with Crippen LogP contribution in [0.15, 0.2) is 0 Å². The van der Waals surface area contributed by atoms with Gasteiger partial charge in [-0.25, -0.2) is 8.78 Å². The van der Waals surface area contributed by atoms with Crippen molar-refractivity contribution < 1.29 is 8.78 Å². The van der Waals surface area contributed by atoms with E-state index < -0.39 is 12.5 Å². The van der Waals surface area contributed by atoms with Crippen LogP contribution in [0.5, 0.6) is 0 Å². The highest BCUT2D eigenvalue weighted by atomic mass is 35.5. The summed E-state index contributed by atoms with van der Waals surface area (Å²) in [4.78, 5) is 0. The van der Waals surface area contributed by atoms with E-state index >= 15 is 0 Å². The molecule has 1 rings (SSSR count). The molecule has 0 radical (unpaired) electrons. The molecule has 1 aliphatic carbocycles. The van der Waals surface area contributed by atoms with Crippen molar-refractivity contribution in [1.82, 2.24) is 5.32 Å². The highest BCUT2D eigenvalue weighted by molar-refractivity contribution is 5.85. The molecule has 0 saturated heterocycles. The Bertz CT molecular complexity index is 150. The predicted molar refractivity (Wildman–Crippen MR) is 56.1 cm³/mol. The number of nitrogens with two attached hydrogens (primary N) is 1. The van der Waals surface area contributed by atoms with Gasteiger partial charge >= 0.3 is 0 Å². The number of alkyl halides is 2. The van der Waals surface area contributed by atoms with Crippen LogP contribution in [-0.4, -0.2) is 24.6 Å². The molecule has 1 fully saturated rings. The quantitative estimate of drug-likeness (QED) is 0.775. The first-order valence-corrected chi connectivity index (χ1v) is 4.89. The largest absolute Gasteiger partial charge is 0.328 e. The molecule has 0 aromatic carbocycles. The van der Waals surface area contributed by atoms with Crippen molar-refractivity contribution in [3.8, 4) is 0 Å². The van der Waals surface area contributed by atoms with Gasteiger partial charge in [0.2, 0.25) is 0 Å². The van der Waals surface area contributed by atoms with Crippen molar-refractivity contribution in [1.29, 1.82) is 0 Å². The Kier molecular flexibility index (Phi) is 6.57. The predicted octanol–water partition coefficient (Wildman–Crippen LogP) is 1.92. The fraction of sp³-hybridized carbons (Fsp3) is 1.00. The monoisotopic (exact) mass is 228 g/mol. The zero-order valence-electron chi connectivity index (χ0n) is 8.38. The number of hydrogen-bond donors (Lipinski definition) is 2. The minimum absolute atomic E-state index is 0. The maximum Gasteiger partial charge on any atom is 0.253 e. The van der Waals surface area contributed by atoms with E-state index in [-0.39, 0.29) is 24.5 Å². The molecule has 1 saturated carbocycles. The number of hydrogen-bond acceptors (Lipinski definition) is 2.